The Morgan fingerprint density at radius 2 is 2.17 bits per heavy atom. The predicted molar refractivity (Wildman–Crippen MR) is 86.7 cm³/mol. The van der Waals surface area contributed by atoms with Crippen molar-refractivity contribution in [3.05, 3.63) is 47.5 Å². The third kappa shape index (κ3) is 1.79. The number of rotatable bonds is 1. The van der Waals surface area contributed by atoms with Gasteiger partial charge in [-0.3, -0.25) is 4.79 Å². The highest BCUT2D eigenvalue weighted by Gasteiger charge is 2.22. The standard InChI is InChI=1S/C18H15N3O2/c22-18-13-2-1-3-14-16(13)21(8-7-19-18)17(20-14)12-4-5-15-11(10-12)6-9-23-15/h1-5,10H,6-9H2,(H,19,22). The van der Waals surface area contributed by atoms with Crippen molar-refractivity contribution >= 4 is 16.9 Å². The number of nitrogens with zero attached hydrogens (tertiary/aromatic N) is 2. The molecule has 23 heavy (non-hydrogen) atoms. The van der Waals surface area contributed by atoms with E-state index in [9.17, 15) is 4.79 Å². The third-order valence-electron chi connectivity index (χ3n) is 4.58. The molecule has 1 N–H and O–H groups in total. The third-order valence-corrected chi connectivity index (χ3v) is 4.58. The first kappa shape index (κ1) is 12.7. The molecule has 114 valence electrons. The minimum absolute atomic E-state index is 0.0249. The first-order valence-corrected chi connectivity index (χ1v) is 7.85. The van der Waals surface area contributed by atoms with Gasteiger partial charge in [0.25, 0.3) is 5.91 Å². The van der Waals surface area contributed by atoms with Crippen LogP contribution in [0, 0.1) is 0 Å². The molecule has 5 nitrogen and oxygen atoms in total. The fourth-order valence-corrected chi connectivity index (χ4v) is 3.51. The van der Waals surface area contributed by atoms with Gasteiger partial charge < -0.3 is 14.6 Å². The monoisotopic (exact) mass is 305 g/mol. The van der Waals surface area contributed by atoms with Gasteiger partial charge in [-0.15, -0.1) is 0 Å². The van der Waals surface area contributed by atoms with Crippen molar-refractivity contribution in [2.45, 2.75) is 13.0 Å². The van der Waals surface area contributed by atoms with Crippen LogP contribution in [0.1, 0.15) is 15.9 Å². The number of imidazole rings is 1. The average molecular weight is 305 g/mol. The van der Waals surface area contributed by atoms with Gasteiger partial charge in [0.05, 0.1) is 23.2 Å². The zero-order valence-electron chi connectivity index (χ0n) is 12.5. The summed E-state index contributed by atoms with van der Waals surface area (Å²) in [7, 11) is 0. The Kier molecular flexibility index (Phi) is 2.53. The first-order chi connectivity index (χ1) is 11.3. The number of aromatic nitrogens is 2. The zero-order chi connectivity index (χ0) is 15.4. The van der Waals surface area contributed by atoms with Crippen molar-refractivity contribution in [2.75, 3.05) is 13.2 Å². The van der Waals surface area contributed by atoms with Crippen LogP contribution in [0.3, 0.4) is 0 Å². The van der Waals surface area contributed by atoms with Gasteiger partial charge in [0.2, 0.25) is 0 Å². The van der Waals surface area contributed by atoms with E-state index in [4.69, 9.17) is 9.72 Å². The predicted octanol–water partition coefficient (Wildman–Crippen LogP) is 2.38. The van der Waals surface area contributed by atoms with Gasteiger partial charge in [-0.2, -0.15) is 0 Å². The van der Waals surface area contributed by atoms with Crippen LogP contribution < -0.4 is 10.1 Å². The SMILES string of the molecule is O=C1NCCn2c(-c3ccc4c(c3)CCO4)nc3cccc1c32. The summed E-state index contributed by atoms with van der Waals surface area (Å²) in [4.78, 5) is 17.0. The highest BCUT2D eigenvalue weighted by atomic mass is 16.5. The molecule has 2 aliphatic heterocycles. The molecule has 0 spiro atoms. The number of hydrogen-bond donors (Lipinski definition) is 1. The van der Waals surface area contributed by atoms with Crippen molar-refractivity contribution in [2.24, 2.45) is 0 Å². The van der Waals surface area contributed by atoms with Gasteiger partial charge in [-0.05, 0) is 35.9 Å². The van der Waals surface area contributed by atoms with Gasteiger partial charge in [0.15, 0.2) is 0 Å². The minimum atomic E-state index is -0.0249. The Labute approximate surface area is 132 Å². The van der Waals surface area contributed by atoms with Crippen LogP contribution in [0.5, 0.6) is 5.75 Å². The van der Waals surface area contributed by atoms with Gasteiger partial charge in [0.1, 0.15) is 11.6 Å². The highest BCUT2D eigenvalue weighted by Crippen LogP contribution is 2.33. The summed E-state index contributed by atoms with van der Waals surface area (Å²) in [6.45, 7) is 2.08. The number of carbonyl (C=O) groups is 1. The maximum absolute atomic E-state index is 12.2. The topological polar surface area (TPSA) is 56.2 Å². The number of para-hydroxylation sites is 1. The molecule has 0 atom stereocenters. The van der Waals surface area contributed by atoms with E-state index < -0.39 is 0 Å². The van der Waals surface area contributed by atoms with Crippen molar-refractivity contribution < 1.29 is 9.53 Å². The van der Waals surface area contributed by atoms with Crippen molar-refractivity contribution in [1.82, 2.24) is 14.9 Å². The fourth-order valence-electron chi connectivity index (χ4n) is 3.51. The molecule has 0 saturated carbocycles. The quantitative estimate of drug-likeness (QED) is 0.751. The molecule has 0 radical (unpaired) electrons. The highest BCUT2D eigenvalue weighted by molar-refractivity contribution is 6.06. The van der Waals surface area contributed by atoms with Gasteiger partial charge >= 0.3 is 0 Å². The summed E-state index contributed by atoms with van der Waals surface area (Å²) in [6, 6.07) is 11.9. The second kappa shape index (κ2) is 4.59. The minimum Gasteiger partial charge on any atom is -0.493 e. The molecule has 0 unspecified atom stereocenters. The van der Waals surface area contributed by atoms with E-state index in [1.54, 1.807) is 0 Å². The largest absolute Gasteiger partial charge is 0.493 e. The fraction of sp³-hybridized carbons (Fsp3) is 0.222. The average Bonchev–Trinajstić information content (AvgIpc) is 3.13. The molecular weight excluding hydrogens is 290 g/mol. The van der Waals surface area contributed by atoms with Crippen LogP contribution in [0.15, 0.2) is 36.4 Å². The summed E-state index contributed by atoms with van der Waals surface area (Å²) in [6.07, 6.45) is 0.939. The van der Waals surface area contributed by atoms with E-state index in [2.05, 4.69) is 22.0 Å². The Bertz CT molecular complexity index is 958. The van der Waals surface area contributed by atoms with Crippen LogP contribution in [0.25, 0.3) is 22.4 Å². The Morgan fingerprint density at radius 1 is 1.22 bits per heavy atom. The second-order valence-electron chi connectivity index (χ2n) is 5.94. The number of ether oxygens (including phenoxy) is 1. The van der Waals surface area contributed by atoms with E-state index >= 15 is 0 Å². The number of hydrogen-bond acceptors (Lipinski definition) is 3. The maximum Gasteiger partial charge on any atom is 0.253 e. The van der Waals surface area contributed by atoms with Crippen molar-refractivity contribution in [3.8, 4) is 17.1 Å². The summed E-state index contributed by atoms with van der Waals surface area (Å²) < 4.78 is 7.74. The van der Waals surface area contributed by atoms with Crippen molar-refractivity contribution in [3.63, 3.8) is 0 Å². The molecule has 5 rings (SSSR count). The van der Waals surface area contributed by atoms with E-state index in [0.717, 1.165) is 47.7 Å². The lowest BCUT2D eigenvalue weighted by Crippen LogP contribution is -2.24. The Balaban J connectivity index is 1.78. The molecule has 3 aromatic rings. The van der Waals surface area contributed by atoms with Crippen LogP contribution in [0.4, 0.5) is 0 Å². The lowest BCUT2D eigenvalue weighted by Gasteiger charge is -2.08. The van der Waals surface area contributed by atoms with E-state index in [-0.39, 0.29) is 5.91 Å². The molecular formula is C18H15N3O2. The summed E-state index contributed by atoms with van der Waals surface area (Å²) in [5, 5.41) is 2.95. The second-order valence-corrected chi connectivity index (χ2v) is 5.94. The van der Waals surface area contributed by atoms with Crippen LogP contribution in [-0.2, 0) is 13.0 Å². The van der Waals surface area contributed by atoms with Gasteiger partial charge in [0, 0.05) is 25.1 Å². The number of carbonyl (C=O) groups excluding carboxylic acids is 1. The summed E-state index contributed by atoms with van der Waals surface area (Å²) in [5.41, 5.74) is 4.79. The molecule has 5 heteroatoms. The number of benzene rings is 2. The molecule has 0 saturated heterocycles. The van der Waals surface area contributed by atoms with Crippen LogP contribution >= 0.6 is 0 Å². The molecule has 1 aromatic heterocycles. The molecule has 3 heterocycles. The summed E-state index contributed by atoms with van der Waals surface area (Å²) >= 11 is 0. The molecule has 2 aliphatic rings. The Morgan fingerprint density at radius 3 is 3.13 bits per heavy atom. The smallest absolute Gasteiger partial charge is 0.253 e. The lowest BCUT2D eigenvalue weighted by molar-refractivity contribution is 0.0956. The van der Waals surface area contributed by atoms with Crippen LogP contribution in [-0.4, -0.2) is 28.6 Å². The normalized spacial score (nSPS) is 15.9. The molecule has 2 aromatic carbocycles. The summed E-state index contributed by atoms with van der Waals surface area (Å²) in [5.74, 6) is 1.86. The molecule has 0 bridgehead atoms. The van der Waals surface area contributed by atoms with E-state index in [1.807, 2.05) is 24.3 Å². The maximum atomic E-state index is 12.2. The number of amides is 1. The number of fused-ring (bicyclic) bond motifs is 1. The first-order valence-electron chi connectivity index (χ1n) is 7.85. The van der Waals surface area contributed by atoms with Gasteiger partial charge in [-0.1, -0.05) is 6.07 Å². The van der Waals surface area contributed by atoms with Crippen LogP contribution in [0.2, 0.25) is 0 Å². The number of nitrogens with one attached hydrogen (secondary N) is 1. The molecule has 0 fully saturated rings. The Hall–Kier alpha value is -2.82. The van der Waals surface area contributed by atoms with Gasteiger partial charge in [-0.25, -0.2) is 4.98 Å². The van der Waals surface area contributed by atoms with Crippen molar-refractivity contribution in [1.29, 1.82) is 0 Å². The zero-order valence-corrected chi connectivity index (χ0v) is 12.5. The molecule has 1 amide bonds. The van der Waals surface area contributed by atoms with E-state index in [1.165, 1.54) is 5.56 Å². The molecule has 0 aliphatic carbocycles. The lowest BCUT2D eigenvalue weighted by atomic mass is 10.1. The van der Waals surface area contributed by atoms with E-state index in [0.29, 0.717) is 12.1 Å².